The molecule has 0 radical (unpaired) electrons. The highest BCUT2D eigenvalue weighted by molar-refractivity contribution is 5.73. The number of hydrogen-bond donors (Lipinski definition) is 1. The molecule has 5 heteroatoms. The zero-order valence-corrected chi connectivity index (χ0v) is 10.3. The van der Waals surface area contributed by atoms with E-state index in [1.165, 1.54) is 7.11 Å². The fraction of sp³-hybridized carbons (Fsp3) is 0.909. The quantitative estimate of drug-likeness (QED) is 0.654. The smallest absolute Gasteiger partial charge is 0.312 e. The molecule has 1 aliphatic rings. The van der Waals surface area contributed by atoms with Crippen molar-refractivity contribution in [3.63, 3.8) is 0 Å². The summed E-state index contributed by atoms with van der Waals surface area (Å²) in [6, 6.07) is 0. The summed E-state index contributed by atoms with van der Waals surface area (Å²) in [5.74, 6) is -0.692. The second-order valence-electron chi connectivity index (χ2n) is 4.59. The number of methoxy groups -OCH3 is 1. The van der Waals surface area contributed by atoms with E-state index in [0.717, 1.165) is 19.6 Å². The minimum absolute atomic E-state index is 0.304. The maximum atomic E-state index is 11.4. The second-order valence-corrected chi connectivity index (χ2v) is 4.59. The summed E-state index contributed by atoms with van der Waals surface area (Å²) in [4.78, 5) is 15.8. The fourth-order valence-electron chi connectivity index (χ4n) is 1.93. The highest BCUT2D eigenvalue weighted by atomic mass is 16.5. The predicted octanol–water partition coefficient (Wildman–Crippen LogP) is -0.596. The Hall–Kier alpha value is -0.650. The number of aliphatic hydroxyl groups excluding tert-OH is 1. The molecular formula is C11H22N2O3. The van der Waals surface area contributed by atoms with Crippen molar-refractivity contribution in [1.82, 2.24) is 9.80 Å². The lowest BCUT2D eigenvalue weighted by Gasteiger charge is -2.35. The Morgan fingerprint density at radius 1 is 1.56 bits per heavy atom. The van der Waals surface area contributed by atoms with E-state index in [2.05, 4.69) is 9.80 Å². The Labute approximate surface area is 97.0 Å². The van der Waals surface area contributed by atoms with E-state index in [1.807, 2.05) is 14.1 Å². The molecule has 94 valence electrons. The number of piperidine rings is 1. The van der Waals surface area contributed by atoms with Gasteiger partial charge >= 0.3 is 5.97 Å². The van der Waals surface area contributed by atoms with Crippen LogP contribution in [0.15, 0.2) is 0 Å². The molecule has 1 aliphatic heterocycles. The molecule has 0 unspecified atom stereocenters. The van der Waals surface area contributed by atoms with Crippen LogP contribution in [-0.2, 0) is 9.53 Å². The Morgan fingerprint density at radius 2 is 2.25 bits per heavy atom. The first kappa shape index (κ1) is 13.4. The van der Waals surface area contributed by atoms with Crippen LogP contribution >= 0.6 is 0 Å². The minimum Gasteiger partial charge on any atom is -0.469 e. The molecule has 16 heavy (non-hydrogen) atoms. The minimum atomic E-state index is -0.553. The monoisotopic (exact) mass is 230 g/mol. The van der Waals surface area contributed by atoms with Crippen LogP contribution in [0.25, 0.3) is 0 Å². The van der Waals surface area contributed by atoms with E-state index >= 15 is 0 Å². The van der Waals surface area contributed by atoms with Crippen molar-refractivity contribution in [2.75, 3.05) is 47.4 Å². The Morgan fingerprint density at radius 3 is 2.81 bits per heavy atom. The predicted molar refractivity (Wildman–Crippen MR) is 61.1 cm³/mol. The first-order valence-electron chi connectivity index (χ1n) is 5.67. The Balaban J connectivity index is 2.44. The van der Waals surface area contributed by atoms with Gasteiger partial charge in [0.2, 0.25) is 0 Å². The normalized spacial score (nSPS) is 27.1. The number of likely N-dealkylation sites (N-methyl/N-ethyl adjacent to an activating group) is 1. The number of esters is 1. The van der Waals surface area contributed by atoms with Gasteiger partial charge in [0.05, 0.1) is 19.1 Å². The highest BCUT2D eigenvalue weighted by Gasteiger charge is 2.33. The summed E-state index contributed by atoms with van der Waals surface area (Å²) < 4.78 is 4.70. The van der Waals surface area contributed by atoms with Gasteiger partial charge < -0.3 is 19.6 Å². The van der Waals surface area contributed by atoms with Gasteiger partial charge in [-0.2, -0.15) is 0 Å². The summed E-state index contributed by atoms with van der Waals surface area (Å²) in [7, 11) is 5.42. The third kappa shape index (κ3) is 3.73. The first-order chi connectivity index (χ1) is 7.54. The molecule has 0 saturated carbocycles. The molecule has 0 aliphatic carbocycles. The second kappa shape index (κ2) is 6.18. The maximum absolute atomic E-state index is 11.4. The zero-order chi connectivity index (χ0) is 12.1. The molecule has 1 rings (SSSR count). The van der Waals surface area contributed by atoms with Crippen LogP contribution in [0.1, 0.15) is 6.42 Å². The molecule has 1 heterocycles. The Kier molecular flexibility index (Phi) is 5.18. The van der Waals surface area contributed by atoms with Gasteiger partial charge in [-0.15, -0.1) is 0 Å². The van der Waals surface area contributed by atoms with E-state index in [0.29, 0.717) is 13.0 Å². The molecule has 5 nitrogen and oxygen atoms in total. The van der Waals surface area contributed by atoms with Crippen LogP contribution in [0.5, 0.6) is 0 Å². The molecule has 0 aromatic heterocycles. The average Bonchev–Trinajstić information content (AvgIpc) is 2.27. The molecular weight excluding hydrogens is 208 g/mol. The van der Waals surface area contributed by atoms with Crippen LogP contribution in [-0.4, -0.2) is 74.4 Å². The number of likely N-dealkylation sites (tertiary alicyclic amines) is 1. The lowest BCUT2D eigenvalue weighted by molar-refractivity contribution is -0.152. The first-order valence-corrected chi connectivity index (χ1v) is 5.67. The number of ether oxygens (including phenoxy) is 1. The summed E-state index contributed by atoms with van der Waals surface area (Å²) in [6.07, 6.45) is 0.0933. The van der Waals surface area contributed by atoms with E-state index in [1.54, 1.807) is 0 Å². The molecule has 0 aromatic rings. The van der Waals surface area contributed by atoms with Crippen molar-refractivity contribution >= 4 is 5.97 Å². The van der Waals surface area contributed by atoms with E-state index < -0.39 is 6.10 Å². The van der Waals surface area contributed by atoms with Crippen molar-refractivity contribution in [3.05, 3.63) is 0 Å². The van der Waals surface area contributed by atoms with Crippen LogP contribution in [0, 0.1) is 5.92 Å². The summed E-state index contributed by atoms with van der Waals surface area (Å²) in [5, 5.41) is 9.73. The summed E-state index contributed by atoms with van der Waals surface area (Å²) >= 11 is 0. The van der Waals surface area contributed by atoms with Crippen LogP contribution in [0.2, 0.25) is 0 Å². The van der Waals surface area contributed by atoms with Gasteiger partial charge in [0.15, 0.2) is 0 Å². The Bertz CT molecular complexity index is 233. The maximum Gasteiger partial charge on any atom is 0.312 e. The van der Waals surface area contributed by atoms with E-state index in [-0.39, 0.29) is 11.9 Å². The molecule has 0 aromatic carbocycles. The lowest BCUT2D eigenvalue weighted by Crippen LogP contribution is -2.48. The molecule has 1 saturated heterocycles. The van der Waals surface area contributed by atoms with E-state index in [9.17, 15) is 9.90 Å². The van der Waals surface area contributed by atoms with Crippen LogP contribution < -0.4 is 0 Å². The van der Waals surface area contributed by atoms with E-state index in [4.69, 9.17) is 4.74 Å². The standard InChI is InChI=1S/C11H22N2O3/c1-12(2)6-7-13-5-4-10(14)9(8-13)11(15)16-3/h9-10,14H,4-8H2,1-3H3/t9-,10-/m0/s1. The van der Waals surface area contributed by atoms with Gasteiger partial charge in [0.1, 0.15) is 0 Å². The lowest BCUT2D eigenvalue weighted by atomic mass is 9.95. The summed E-state index contributed by atoms with van der Waals surface area (Å²) in [5.41, 5.74) is 0. The SMILES string of the molecule is COC(=O)[C@H]1CN(CCN(C)C)CC[C@@H]1O. The summed E-state index contributed by atoms with van der Waals surface area (Å²) in [6.45, 7) is 3.33. The van der Waals surface area contributed by atoms with Crippen molar-refractivity contribution in [2.45, 2.75) is 12.5 Å². The van der Waals surface area contributed by atoms with Gasteiger partial charge in [0.25, 0.3) is 0 Å². The molecule has 0 bridgehead atoms. The molecule has 2 atom stereocenters. The fourth-order valence-corrected chi connectivity index (χ4v) is 1.93. The van der Waals surface area contributed by atoms with Crippen molar-refractivity contribution in [3.8, 4) is 0 Å². The number of carbonyl (C=O) groups is 1. The van der Waals surface area contributed by atoms with Gasteiger partial charge in [-0.25, -0.2) is 0 Å². The molecule has 1 fully saturated rings. The van der Waals surface area contributed by atoms with Gasteiger partial charge in [-0.3, -0.25) is 4.79 Å². The van der Waals surface area contributed by atoms with Crippen molar-refractivity contribution in [2.24, 2.45) is 5.92 Å². The van der Waals surface area contributed by atoms with Crippen molar-refractivity contribution < 1.29 is 14.6 Å². The third-order valence-corrected chi connectivity index (χ3v) is 3.03. The van der Waals surface area contributed by atoms with Gasteiger partial charge in [-0.1, -0.05) is 0 Å². The highest BCUT2D eigenvalue weighted by Crippen LogP contribution is 2.18. The number of carbonyl (C=O) groups excluding carboxylic acids is 1. The molecule has 0 amide bonds. The topological polar surface area (TPSA) is 53.0 Å². The number of hydrogen-bond acceptors (Lipinski definition) is 5. The van der Waals surface area contributed by atoms with Gasteiger partial charge in [-0.05, 0) is 20.5 Å². The molecule has 1 N–H and O–H groups in total. The van der Waals surface area contributed by atoms with Crippen LogP contribution in [0.3, 0.4) is 0 Å². The largest absolute Gasteiger partial charge is 0.469 e. The molecule has 0 spiro atoms. The van der Waals surface area contributed by atoms with Crippen LogP contribution in [0.4, 0.5) is 0 Å². The van der Waals surface area contributed by atoms with Crippen molar-refractivity contribution in [1.29, 1.82) is 0 Å². The number of nitrogens with zero attached hydrogens (tertiary/aromatic N) is 2. The number of rotatable bonds is 4. The average molecular weight is 230 g/mol. The number of aliphatic hydroxyl groups is 1. The zero-order valence-electron chi connectivity index (χ0n) is 10.3. The van der Waals surface area contributed by atoms with Gasteiger partial charge in [0, 0.05) is 26.2 Å². The third-order valence-electron chi connectivity index (χ3n) is 3.03.